The van der Waals surface area contributed by atoms with Gasteiger partial charge >= 0.3 is 0 Å². The van der Waals surface area contributed by atoms with Gasteiger partial charge in [-0.05, 0) is 104 Å². The predicted octanol–water partition coefficient (Wildman–Crippen LogP) is 4.01. The first kappa shape index (κ1) is 18.7. The van der Waals surface area contributed by atoms with E-state index in [0.29, 0.717) is 9.13 Å². The molecule has 5 nitrogen and oxygen atoms in total. The summed E-state index contributed by atoms with van der Waals surface area (Å²) in [5.74, 6) is -0.293. The van der Waals surface area contributed by atoms with E-state index in [0.717, 1.165) is 18.4 Å². The summed E-state index contributed by atoms with van der Waals surface area (Å²) in [6, 6.07) is 8.68. The van der Waals surface area contributed by atoms with Gasteiger partial charge < -0.3 is 10.4 Å². The van der Waals surface area contributed by atoms with Crippen LogP contribution in [-0.4, -0.2) is 24.3 Å². The lowest BCUT2D eigenvalue weighted by atomic mass is 10.2. The number of halogens is 3. The minimum Gasteiger partial charge on any atom is -0.507 e. The fraction of sp³-hybridized carbons (Fsp3) is 0.0667. The summed E-state index contributed by atoms with van der Waals surface area (Å²) < 4.78 is 2.84. The lowest BCUT2D eigenvalue weighted by Crippen LogP contribution is -2.17. The number of phenolic OH excluding ortho intramolecular Hbond substituents is 1. The van der Waals surface area contributed by atoms with Crippen LogP contribution in [0.25, 0.3) is 0 Å². The molecule has 120 valence electrons. The number of hydrazone groups is 1. The second-order valence-corrected chi connectivity index (χ2v) is 7.96. The van der Waals surface area contributed by atoms with Crippen LogP contribution in [0.2, 0.25) is 0 Å². The van der Waals surface area contributed by atoms with Crippen LogP contribution in [0.4, 0.5) is 5.69 Å². The summed E-state index contributed by atoms with van der Waals surface area (Å²) in [5, 5.41) is 16.7. The lowest BCUT2D eigenvalue weighted by Gasteiger charge is -2.07. The molecular formula is C15H12I3N3O2. The van der Waals surface area contributed by atoms with E-state index in [1.807, 2.05) is 41.8 Å². The van der Waals surface area contributed by atoms with E-state index in [1.54, 1.807) is 18.3 Å². The zero-order valence-corrected chi connectivity index (χ0v) is 18.4. The van der Waals surface area contributed by atoms with Gasteiger partial charge in [-0.2, -0.15) is 5.10 Å². The maximum absolute atomic E-state index is 12.0. The highest BCUT2D eigenvalue weighted by molar-refractivity contribution is 14.1. The molecule has 0 atom stereocenters. The number of nitrogens with one attached hydrogen (secondary N) is 2. The van der Waals surface area contributed by atoms with Gasteiger partial charge in [0.2, 0.25) is 0 Å². The van der Waals surface area contributed by atoms with Gasteiger partial charge in [0.25, 0.3) is 5.91 Å². The number of phenols is 1. The molecular weight excluding hydrogens is 635 g/mol. The maximum atomic E-state index is 12.0. The Hall–Kier alpha value is -0.630. The van der Waals surface area contributed by atoms with Gasteiger partial charge in [0.15, 0.2) is 0 Å². The van der Waals surface area contributed by atoms with Gasteiger partial charge in [0.1, 0.15) is 5.75 Å². The molecule has 0 unspecified atom stereocenters. The number of carbonyl (C=O) groups excluding carboxylic acids is 1. The summed E-state index contributed by atoms with van der Waals surface area (Å²) in [4.78, 5) is 12.0. The first-order valence-corrected chi connectivity index (χ1v) is 9.64. The fourth-order valence-electron chi connectivity index (χ4n) is 1.79. The normalized spacial score (nSPS) is 10.8. The molecule has 0 aliphatic carbocycles. The number of anilines is 1. The van der Waals surface area contributed by atoms with Crippen molar-refractivity contribution < 1.29 is 9.90 Å². The van der Waals surface area contributed by atoms with E-state index in [-0.39, 0.29) is 11.7 Å². The molecule has 8 heteroatoms. The highest BCUT2D eigenvalue weighted by Crippen LogP contribution is 2.25. The van der Waals surface area contributed by atoms with Crippen molar-refractivity contribution in [2.45, 2.75) is 0 Å². The van der Waals surface area contributed by atoms with Crippen LogP contribution in [0, 0.1) is 10.7 Å². The van der Waals surface area contributed by atoms with E-state index in [9.17, 15) is 9.90 Å². The Kier molecular flexibility index (Phi) is 6.88. The molecule has 0 fully saturated rings. The topological polar surface area (TPSA) is 73.7 Å². The van der Waals surface area contributed by atoms with Crippen LogP contribution in [0.3, 0.4) is 0 Å². The van der Waals surface area contributed by atoms with Crippen molar-refractivity contribution in [1.29, 1.82) is 0 Å². The smallest absolute Gasteiger partial charge is 0.271 e. The molecule has 0 saturated carbocycles. The van der Waals surface area contributed by atoms with E-state index >= 15 is 0 Å². The number of benzene rings is 2. The average molecular weight is 647 g/mol. The van der Waals surface area contributed by atoms with E-state index < -0.39 is 0 Å². The van der Waals surface area contributed by atoms with Crippen LogP contribution in [-0.2, 0) is 0 Å². The van der Waals surface area contributed by atoms with Gasteiger partial charge in [-0.15, -0.1) is 0 Å². The lowest BCUT2D eigenvalue weighted by molar-refractivity contribution is 0.0954. The number of hydrogen-bond donors (Lipinski definition) is 3. The Morgan fingerprint density at radius 3 is 2.35 bits per heavy atom. The molecule has 0 saturated heterocycles. The number of amides is 1. The quantitative estimate of drug-likeness (QED) is 0.267. The van der Waals surface area contributed by atoms with E-state index in [4.69, 9.17) is 0 Å². The summed E-state index contributed by atoms with van der Waals surface area (Å²) in [7, 11) is 1.88. The number of aromatic hydroxyl groups is 1. The van der Waals surface area contributed by atoms with Crippen LogP contribution >= 0.6 is 67.8 Å². The van der Waals surface area contributed by atoms with Gasteiger partial charge in [-0.25, -0.2) is 5.43 Å². The van der Waals surface area contributed by atoms with Gasteiger partial charge in [0, 0.05) is 19.8 Å². The minimum atomic E-state index is -0.371. The molecule has 3 N–H and O–H groups in total. The van der Waals surface area contributed by atoms with Gasteiger partial charge in [-0.1, -0.05) is 0 Å². The number of hydrogen-bond acceptors (Lipinski definition) is 4. The highest BCUT2D eigenvalue weighted by Gasteiger charge is 2.08. The summed E-state index contributed by atoms with van der Waals surface area (Å²) in [5.41, 5.74) is 4.78. The van der Waals surface area contributed by atoms with Crippen LogP contribution < -0.4 is 10.7 Å². The van der Waals surface area contributed by atoms with E-state index in [1.165, 1.54) is 6.07 Å². The third-order valence-electron chi connectivity index (χ3n) is 2.90. The Balaban J connectivity index is 2.09. The van der Waals surface area contributed by atoms with Crippen molar-refractivity contribution in [3.63, 3.8) is 0 Å². The summed E-state index contributed by atoms with van der Waals surface area (Å²) in [6.45, 7) is 0. The van der Waals surface area contributed by atoms with Gasteiger partial charge in [-0.3, -0.25) is 4.79 Å². The standard InChI is InChI=1S/C15H12I3N3O2/c1-19-14-11(17)4-8(5-12(14)18)7-20-21-15(23)9-2-3-10(16)13(22)6-9/h2-7,19,22H,1H3,(H,21,23)/b20-7-. The first-order chi connectivity index (χ1) is 10.9. The van der Waals surface area contributed by atoms with Crippen LogP contribution in [0.1, 0.15) is 15.9 Å². The van der Waals surface area contributed by atoms with Crippen molar-refractivity contribution in [2.24, 2.45) is 5.10 Å². The summed E-state index contributed by atoms with van der Waals surface area (Å²) in [6.07, 6.45) is 1.59. The predicted molar refractivity (Wildman–Crippen MR) is 117 cm³/mol. The third-order valence-corrected chi connectivity index (χ3v) is 5.52. The number of nitrogens with zero attached hydrogens (tertiary/aromatic N) is 1. The van der Waals surface area contributed by atoms with Crippen molar-refractivity contribution in [3.8, 4) is 5.75 Å². The summed E-state index contributed by atoms with van der Waals surface area (Å²) >= 11 is 6.49. The molecule has 0 radical (unpaired) electrons. The molecule has 2 aromatic rings. The zero-order valence-electron chi connectivity index (χ0n) is 11.9. The highest BCUT2D eigenvalue weighted by atomic mass is 127. The Labute approximate surface area is 174 Å². The van der Waals surface area contributed by atoms with E-state index in [2.05, 4.69) is 61.0 Å². The molecule has 2 rings (SSSR count). The van der Waals surface area contributed by atoms with Crippen molar-refractivity contribution in [3.05, 3.63) is 52.2 Å². The SMILES string of the molecule is CNc1c(I)cc(/C=N\NC(=O)c2ccc(I)c(O)c2)cc1I. The molecule has 23 heavy (non-hydrogen) atoms. The molecule has 0 aromatic heterocycles. The molecule has 0 bridgehead atoms. The zero-order chi connectivity index (χ0) is 17.0. The maximum Gasteiger partial charge on any atom is 0.271 e. The minimum absolute atomic E-state index is 0.0778. The first-order valence-electron chi connectivity index (χ1n) is 6.41. The van der Waals surface area contributed by atoms with Crippen molar-refractivity contribution >= 4 is 85.6 Å². The van der Waals surface area contributed by atoms with Gasteiger partial charge in [0.05, 0.1) is 15.5 Å². The molecule has 2 aromatic carbocycles. The molecule has 0 heterocycles. The van der Waals surface area contributed by atoms with Crippen molar-refractivity contribution in [1.82, 2.24) is 5.43 Å². The molecule has 1 amide bonds. The average Bonchev–Trinajstić information content (AvgIpc) is 2.49. The van der Waals surface area contributed by atoms with Crippen LogP contribution in [0.5, 0.6) is 5.75 Å². The molecule has 0 aliphatic rings. The monoisotopic (exact) mass is 647 g/mol. The third kappa shape index (κ3) is 4.92. The largest absolute Gasteiger partial charge is 0.507 e. The van der Waals surface area contributed by atoms with Crippen molar-refractivity contribution in [2.75, 3.05) is 12.4 Å². The Bertz CT molecular complexity index is 756. The number of carbonyl (C=O) groups is 1. The Morgan fingerprint density at radius 1 is 1.13 bits per heavy atom. The second kappa shape index (κ2) is 8.46. The molecule has 0 spiro atoms. The molecule has 0 aliphatic heterocycles. The van der Waals surface area contributed by atoms with Crippen LogP contribution in [0.15, 0.2) is 35.4 Å². The Morgan fingerprint density at radius 2 is 1.78 bits per heavy atom. The second-order valence-electron chi connectivity index (χ2n) is 4.47. The fourth-order valence-corrected chi connectivity index (χ4v) is 4.48. The number of rotatable bonds is 4.